The molecule has 3 aromatic rings. The number of benzene rings is 2. The van der Waals surface area contributed by atoms with Crippen LogP contribution < -0.4 is 16.5 Å². The molecule has 2 heterocycles. The van der Waals surface area contributed by atoms with Crippen LogP contribution in [0.5, 0.6) is 0 Å². The Morgan fingerprint density at radius 3 is 2.57 bits per heavy atom. The summed E-state index contributed by atoms with van der Waals surface area (Å²) < 4.78 is 0.590. The number of carbonyl (C=O) groups excluding carboxylic acids is 1. The summed E-state index contributed by atoms with van der Waals surface area (Å²) in [6.07, 6.45) is 1.70. The quantitative estimate of drug-likeness (QED) is 0.546. The molecule has 0 spiro atoms. The number of para-hydroxylation sites is 1. The lowest BCUT2D eigenvalue weighted by Crippen LogP contribution is -2.31. The Hall–Kier alpha value is -2.80. The zero-order valence-electron chi connectivity index (χ0n) is 14.8. The minimum Gasteiger partial charge on any atom is -0.398 e. The number of nitrogen functional groups attached to an aromatic ring is 1. The average Bonchev–Trinajstić information content (AvgIpc) is 3.36. The normalized spacial score (nSPS) is 15.8. The Bertz CT molecular complexity index is 1030. The van der Waals surface area contributed by atoms with Crippen molar-refractivity contribution in [3.05, 3.63) is 81.5 Å². The number of hydroxylamine groups is 1. The van der Waals surface area contributed by atoms with E-state index >= 15 is 0 Å². The zero-order valence-corrected chi connectivity index (χ0v) is 16.4. The Morgan fingerprint density at radius 2 is 1.86 bits per heavy atom. The lowest BCUT2D eigenvalue weighted by Gasteiger charge is -2.09. The lowest BCUT2D eigenvalue weighted by atomic mass is 10.0. The van der Waals surface area contributed by atoms with E-state index in [9.17, 15) is 4.79 Å². The topological polar surface area (TPSA) is 76.4 Å². The second-order valence-corrected chi connectivity index (χ2v) is 8.03. The summed E-state index contributed by atoms with van der Waals surface area (Å²) in [5, 5.41) is 2.85. The number of hydrogen-bond acceptors (Lipinski definition) is 5. The number of amides is 1. The third-order valence-electron chi connectivity index (χ3n) is 4.40. The van der Waals surface area contributed by atoms with Gasteiger partial charge in [-0.3, -0.25) is 15.1 Å². The van der Waals surface area contributed by atoms with E-state index in [-0.39, 0.29) is 12.0 Å². The number of nitrogens with one attached hydrogen (secondary N) is 2. The number of rotatable bonds is 5. The van der Waals surface area contributed by atoms with Gasteiger partial charge in [-0.1, -0.05) is 54.1 Å². The van der Waals surface area contributed by atoms with Crippen LogP contribution in [0, 0.1) is 0 Å². The van der Waals surface area contributed by atoms with Crippen molar-refractivity contribution < 1.29 is 9.63 Å². The number of thiophene rings is 1. The van der Waals surface area contributed by atoms with Gasteiger partial charge in [0.25, 0.3) is 5.91 Å². The van der Waals surface area contributed by atoms with Gasteiger partial charge in [-0.05, 0) is 35.4 Å². The van der Waals surface area contributed by atoms with Gasteiger partial charge in [-0.2, -0.15) is 0 Å². The van der Waals surface area contributed by atoms with E-state index in [1.54, 1.807) is 12.1 Å². The maximum Gasteiger partial charge on any atom is 0.261 e. The molecule has 4 N–H and O–H groups in total. The van der Waals surface area contributed by atoms with Crippen molar-refractivity contribution in [2.75, 3.05) is 12.3 Å². The van der Waals surface area contributed by atoms with E-state index in [2.05, 4.69) is 10.8 Å². The SMILES string of the molecule is Nc1ccccc1-c1ccc(C2=CC(CNC(=O)c3ccc(Cl)s3)ON2)cc1. The molecule has 1 aliphatic heterocycles. The summed E-state index contributed by atoms with van der Waals surface area (Å²) in [6.45, 7) is 0.365. The fourth-order valence-corrected chi connectivity index (χ4v) is 3.91. The highest BCUT2D eigenvalue weighted by Crippen LogP contribution is 2.27. The third-order valence-corrected chi connectivity index (χ3v) is 5.63. The van der Waals surface area contributed by atoms with Crippen LogP contribution in [0.15, 0.2) is 66.7 Å². The molecule has 7 heteroatoms. The van der Waals surface area contributed by atoms with Crippen LogP contribution in [0.4, 0.5) is 5.69 Å². The highest BCUT2D eigenvalue weighted by molar-refractivity contribution is 7.17. The molecule has 1 aliphatic rings. The summed E-state index contributed by atoms with van der Waals surface area (Å²) in [6, 6.07) is 19.3. The monoisotopic (exact) mass is 411 g/mol. The number of nitrogens with two attached hydrogens (primary N) is 1. The highest BCUT2D eigenvalue weighted by Gasteiger charge is 2.19. The van der Waals surface area contributed by atoms with Crippen molar-refractivity contribution in [1.29, 1.82) is 0 Å². The molecule has 1 atom stereocenters. The molecule has 1 aromatic heterocycles. The molecule has 1 unspecified atom stereocenters. The number of carbonyl (C=O) groups is 1. The first-order valence-electron chi connectivity index (χ1n) is 8.72. The van der Waals surface area contributed by atoms with E-state index in [4.69, 9.17) is 22.2 Å². The maximum atomic E-state index is 12.1. The molecule has 0 radical (unpaired) electrons. The van der Waals surface area contributed by atoms with E-state index in [1.165, 1.54) is 11.3 Å². The van der Waals surface area contributed by atoms with Gasteiger partial charge < -0.3 is 11.1 Å². The minimum atomic E-state index is -0.251. The van der Waals surface area contributed by atoms with Gasteiger partial charge in [0.05, 0.1) is 21.5 Å². The fraction of sp³-hybridized carbons (Fsp3) is 0.0952. The van der Waals surface area contributed by atoms with Crippen LogP contribution in [0.25, 0.3) is 16.8 Å². The Morgan fingerprint density at radius 1 is 1.11 bits per heavy atom. The third kappa shape index (κ3) is 4.04. The molecule has 28 heavy (non-hydrogen) atoms. The van der Waals surface area contributed by atoms with Crippen LogP contribution in [0.3, 0.4) is 0 Å². The fourth-order valence-electron chi connectivity index (χ4n) is 2.95. The van der Waals surface area contributed by atoms with E-state index in [1.807, 2.05) is 54.6 Å². The Kier molecular flexibility index (Phi) is 5.34. The molecule has 4 rings (SSSR count). The molecular weight excluding hydrogens is 394 g/mol. The molecule has 5 nitrogen and oxygen atoms in total. The first kappa shape index (κ1) is 18.6. The molecule has 0 saturated heterocycles. The van der Waals surface area contributed by atoms with Gasteiger partial charge in [-0.15, -0.1) is 11.3 Å². The second kappa shape index (κ2) is 8.06. The van der Waals surface area contributed by atoms with Crippen molar-refractivity contribution >= 4 is 40.2 Å². The lowest BCUT2D eigenvalue weighted by molar-refractivity contribution is 0.0499. The number of anilines is 1. The zero-order chi connectivity index (χ0) is 19.5. The first-order chi connectivity index (χ1) is 13.6. The molecule has 1 amide bonds. The van der Waals surface area contributed by atoms with E-state index in [0.717, 1.165) is 28.1 Å². The molecular formula is C21H18ClN3O2S. The van der Waals surface area contributed by atoms with E-state index in [0.29, 0.717) is 15.8 Å². The van der Waals surface area contributed by atoms with Crippen molar-refractivity contribution in [3.63, 3.8) is 0 Å². The largest absolute Gasteiger partial charge is 0.398 e. The van der Waals surface area contributed by atoms with Crippen molar-refractivity contribution in [3.8, 4) is 11.1 Å². The summed E-state index contributed by atoms with van der Waals surface area (Å²) in [5.74, 6) is -0.160. The average molecular weight is 412 g/mol. The standard InChI is InChI=1S/C21H18ClN3O2S/c22-20-10-9-19(28-20)21(26)24-12-15-11-18(25-27-15)14-7-5-13(6-8-14)16-3-1-2-4-17(16)23/h1-11,15,25H,12,23H2,(H,24,26). The minimum absolute atomic E-state index is 0.160. The van der Waals surface area contributed by atoms with Crippen LogP contribution in [-0.4, -0.2) is 18.6 Å². The Labute approximate surface area is 171 Å². The van der Waals surface area contributed by atoms with Gasteiger partial charge in [-0.25, -0.2) is 0 Å². The van der Waals surface area contributed by atoms with Crippen molar-refractivity contribution in [2.45, 2.75) is 6.10 Å². The van der Waals surface area contributed by atoms with Crippen LogP contribution in [0.2, 0.25) is 4.34 Å². The van der Waals surface area contributed by atoms with Gasteiger partial charge >= 0.3 is 0 Å². The van der Waals surface area contributed by atoms with Crippen LogP contribution in [-0.2, 0) is 4.84 Å². The van der Waals surface area contributed by atoms with Gasteiger partial charge in [0, 0.05) is 11.3 Å². The summed E-state index contributed by atoms with van der Waals surface area (Å²) in [7, 11) is 0. The van der Waals surface area contributed by atoms with E-state index < -0.39 is 0 Å². The molecule has 2 aromatic carbocycles. The van der Waals surface area contributed by atoms with Crippen molar-refractivity contribution in [1.82, 2.24) is 10.8 Å². The van der Waals surface area contributed by atoms with Crippen LogP contribution >= 0.6 is 22.9 Å². The molecule has 0 fully saturated rings. The first-order valence-corrected chi connectivity index (χ1v) is 9.92. The molecule has 0 saturated carbocycles. The summed E-state index contributed by atoms with van der Waals surface area (Å²) in [4.78, 5) is 18.2. The smallest absolute Gasteiger partial charge is 0.261 e. The maximum absolute atomic E-state index is 12.1. The van der Waals surface area contributed by atoms with Crippen LogP contribution in [0.1, 0.15) is 15.2 Å². The number of halogens is 1. The summed E-state index contributed by atoms with van der Waals surface area (Å²) in [5.41, 5.74) is 13.7. The predicted molar refractivity (Wildman–Crippen MR) is 114 cm³/mol. The Balaban J connectivity index is 1.40. The van der Waals surface area contributed by atoms with Crippen molar-refractivity contribution in [2.24, 2.45) is 0 Å². The molecule has 0 bridgehead atoms. The highest BCUT2D eigenvalue weighted by atomic mass is 35.5. The van der Waals surface area contributed by atoms with Gasteiger partial charge in [0.15, 0.2) is 0 Å². The van der Waals surface area contributed by atoms with Gasteiger partial charge in [0.2, 0.25) is 0 Å². The summed E-state index contributed by atoms with van der Waals surface area (Å²) >= 11 is 7.11. The van der Waals surface area contributed by atoms with Gasteiger partial charge in [0.1, 0.15) is 6.10 Å². The molecule has 142 valence electrons. The number of hydrogen-bond donors (Lipinski definition) is 3. The molecule has 0 aliphatic carbocycles. The predicted octanol–water partition coefficient (Wildman–Crippen LogP) is 4.33. The second-order valence-electron chi connectivity index (χ2n) is 6.32.